The Morgan fingerprint density at radius 3 is 2.62 bits per heavy atom. The topological polar surface area (TPSA) is 38.9 Å². The van der Waals surface area contributed by atoms with E-state index in [-0.39, 0.29) is 0 Å². The van der Waals surface area contributed by atoms with Crippen molar-refractivity contribution in [3.63, 3.8) is 0 Å². The lowest BCUT2D eigenvalue weighted by atomic mass is 10.3. The van der Waals surface area contributed by atoms with E-state index >= 15 is 0 Å². The van der Waals surface area contributed by atoms with Crippen LogP contribution in [0.15, 0.2) is 52.0 Å². The summed E-state index contributed by atoms with van der Waals surface area (Å²) in [5, 5.41) is 0. The van der Waals surface area contributed by atoms with E-state index in [4.69, 9.17) is 5.73 Å². The van der Waals surface area contributed by atoms with E-state index in [0.717, 1.165) is 21.6 Å². The highest BCUT2D eigenvalue weighted by molar-refractivity contribution is 9.10. The van der Waals surface area contributed by atoms with Gasteiger partial charge in [-0.05, 0) is 36.4 Å². The van der Waals surface area contributed by atoms with Crippen LogP contribution in [0.4, 0.5) is 5.69 Å². The number of aromatic nitrogens is 1. The molecule has 0 aliphatic carbocycles. The van der Waals surface area contributed by atoms with E-state index in [0.29, 0.717) is 0 Å². The van der Waals surface area contributed by atoms with Gasteiger partial charge in [-0.1, -0.05) is 15.9 Å². The molecule has 0 unspecified atom stereocenters. The second-order valence-electron chi connectivity index (χ2n) is 3.32. The van der Waals surface area contributed by atoms with E-state index in [1.165, 1.54) is 4.90 Å². The van der Waals surface area contributed by atoms with Gasteiger partial charge in [0.2, 0.25) is 0 Å². The largest absolute Gasteiger partial charge is 0.399 e. The number of halogens is 1. The summed E-state index contributed by atoms with van der Waals surface area (Å²) in [7, 11) is 0. The molecule has 2 nitrogen and oxygen atoms in total. The normalized spacial score (nSPS) is 10.3. The Morgan fingerprint density at radius 2 is 1.94 bits per heavy atom. The highest BCUT2D eigenvalue weighted by Gasteiger charge is 1.98. The molecule has 16 heavy (non-hydrogen) atoms. The molecule has 0 radical (unpaired) electrons. The minimum atomic E-state index is 0.765. The van der Waals surface area contributed by atoms with Crippen LogP contribution >= 0.6 is 27.7 Å². The van der Waals surface area contributed by atoms with Crippen LogP contribution in [0, 0.1) is 0 Å². The molecule has 1 aromatic carbocycles. The van der Waals surface area contributed by atoms with Crippen molar-refractivity contribution in [2.45, 2.75) is 10.6 Å². The molecule has 0 atom stereocenters. The van der Waals surface area contributed by atoms with Crippen molar-refractivity contribution in [3.8, 4) is 0 Å². The van der Waals surface area contributed by atoms with E-state index < -0.39 is 0 Å². The molecule has 0 saturated heterocycles. The van der Waals surface area contributed by atoms with Gasteiger partial charge in [0.05, 0.1) is 5.69 Å². The molecule has 0 aliphatic rings. The maximum absolute atomic E-state index is 5.69. The van der Waals surface area contributed by atoms with Crippen LogP contribution in [0.25, 0.3) is 0 Å². The first kappa shape index (κ1) is 11.5. The predicted molar refractivity (Wildman–Crippen MR) is 72.4 cm³/mol. The Bertz CT molecular complexity index is 471. The summed E-state index contributed by atoms with van der Waals surface area (Å²) in [6, 6.07) is 12.0. The first-order chi connectivity index (χ1) is 7.74. The summed E-state index contributed by atoms with van der Waals surface area (Å²) in [6.45, 7) is 0. The first-order valence-corrected chi connectivity index (χ1v) is 6.61. The predicted octanol–water partition coefficient (Wildman–Crippen LogP) is 3.72. The number of nitrogens with zero attached hydrogens (tertiary/aromatic N) is 1. The Balaban J connectivity index is 1.99. The van der Waals surface area contributed by atoms with Crippen LogP contribution in [-0.4, -0.2) is 4.98 Å². The monoisotopic (exact) mass is 294 g/mol. The number of benzene rings is 1. The zero-order chi connectivity index (χ0) is 11.4. The van der Waals surface area contributed by atoms with Gasteiger partial charge in [0.15, 0.2) is 0 Å². The van der Waals surface area contributed by atoms with Crippen molar-refractivity contribution < 1.29 is 0 Å². The summed E-state index contributed by atoms with van der Waals surface area (Å²) in [5.41, 5.74) is 7.46. The molecule has 0 bridgehead atoms. The van der Waals surface area contributed by atoms with Crippen LogP contribution in [0.2, 0.25) is 0 Å². The van der Waals surface area contributed by atoms with Gasteiger partial charge in [-0.15, -0.1) is 11.8 Å². The van der Waals surface area contributed by atoms with Crippen LogP contribution < -0.4 is 5.73 Å². The van der Waals surface area contributed by atoms with Gasteiger partial charge >= 0.3 is 0 Å². The lowest BCUT2D eigenvalue weighted by Crippen LogP contribution is -1.90. The molecule has 4 heteroatoms. The summed E-state index contributed by atoms with van der Waals surface area (Å²) < 4.78 is 1.10. The second-order valence-corrected chi connectivity index (χ2v) is 5.29. The molecule has 82 valence electrons. The van der Waals surface area contributed by atoms with Crippen LogP contribution in [0.5, 0.6) is 0 Å². The standard InChI is InChI=1S/C12H11BrN2S/c13-9-1-3-12(4-2-9)16-8-11-7-10(14)5-6-15-11/h1-7H,8H2,(H2,14,15). The van der Waals surface area contributed by atoms with E-state index in [1.54, 1.807) is 24.0 Å². The molecule has 2 N–H and O–H groups in total. The van der Waals surface area contributed by atoms with E-state index in [9.17, 15) is 0 Å². The molecule has 2 rings (SSSR count). The molecular formula is C12H11BrN2S. The van der Waals surface area contributed by atoms with Crippen LogP contribution in [0.1, 0.15) is 5.69 Å². The van der Waals surface area contributed by atoms with Crippen molar-refractivity contribution in [1.29, 1.82) is 0 Å². The SMILES string of the molecule is Nc1ccnc(CSc2ccc(Br)cc2)c1. The number of pyridine rings is 1. The molecule has 0 aliphatic heterocycles. The Kier molecular flexibility index (Phi) is 3.85. The molecule has 0 saturated carbocycles. The van der Waals surface area contributed by atoms with Crippen molar-refractivity contribution in [1.82, 2.24) is 4.98 Å². The molecular weight excluding hydrogens is 284 g/mol. The second kappa shape index (κ2) is 5.37. The maximum Gasteiger partial charge on any atom is 0.0526 e. The third-order valence-electron chi connectivity index (χ3n) is 2.04. The molecule has 1 heterocycles. The van der Waals surface area contributed by atoms with Gasteiger partial charge in [0, 0.05) is 27.0 Å². The van der Waals surface area contributed by atoms with Crippen LogP contribution in [0.3, 0.4) is 0 Å². The van der Waals surface area contributed by atoms with Gasteiger partial charge in [0.1, 0.15) is 0 Å². The summed E-state index contributed by atoms with van der Waals surface area (Å²) in [6.07, 6.45) is 1.74. The Morgan fingerprint density at radius 1 is 1.19 bits per heavy atom. The highest BCUT2D eigenvalue weighted by Crippen LogP contribution is 2.24. The lowest BCUT2D eigenvalue weighted by molar-refractivity contribution is 1.18. The average molecular weight is 295 g/mol. The lowest BCUT2D eigenvalue weighted by Gasteiger charge is -2.02. The van der Waals surface area contributed by atoms with Crippen molar-refractivity contribution in [2.24, 2.45) is 0 Å². The van der Waals surface area contributed by atoms with Crippen molar-refractivity contribution >= 4 is 33.4 Å². The summed E-state index contributed by atoms with van der Waals surface area (Å²) in [5.74, 6) is 0.840. The van der Waals surface area contributed by atoms with Gasteiger partial charge in [-0.25, -0.2) is 0 Å². The van der Waals surface area contributed by atoms with Crippen LogP contribution in [-0.2, 0) is 5.75 Å². The summed E-state index contributed by atoms with van der Waals surface area (Å²) in [4.78, 5) is 5.49. The molecule has 0 spiro atoms. The fourth-order valence-electron chi connectivity index (χ4n) is 1.26. The maximum atomic E-state index is 5.69. The third kappa shape index (κ3) is 3.25. The van der Waals surface area contributed by atoms with Gasteiger partial charge in [-0.3, -0.25) is 4.98 Å². The van der Waals surface area contributed by atoms with E-state index in [1.807, 2.05) is 18.2 Å². The molecule has 1 aromatic heterocycles. The Labute approximate surface area is 107 Å². The zero-order valence-electron chi connectivity index (χ0n) is 8.56. The van der Waals surface area contributed by atoms with E-state index in [2.05, 4.69) is 33.0 Å². The minimum Gasteiger partial charge on any atom is -0.399 e. The average Bonchev–Trinajstić information content (AvgIpc) is 2.28. The number of anilines is 1. The smallest absolute Gasteiger partial charge is 0.0526 e. The fourth-order valence-corrected chi connectivity index (χ4v) is 2.33. The minimum absolute atomic E-state index is 0.765. The van der Waals surface area contributed by atoms with Gasteiger partial charge in [0.25, 0.3) is 0 Å². The van der Waals surface area contributed by atoms with Crippen molar-refractivity contribution in [2.75, 3.05) is 5.73 Å². The summed E-state index contributed by atoms with van der Waals surface area (Å²) >= 11 is 5.16. The first-order valence-electron chi connectivity index (χ1n) is 4.83. The third-order valence-corrected chi connectivity index (χ3v) is 3.62. The van der Waals surface area contributed by atoms with Crippen molar-refractivity contribution in [3.05, 3.63) is 52.8 Å². The number of thioether (sulfide) groups is 1. The quantitative estimate of drug-likeness (QED) is 0.877. The van der Waals surface area contributed by atoms with Gasteiger partial charge < -0.3 is 5.73 Å². The number of hydrogen-bond donors (Lipinski definition) is 1. The molecule has 0 amide bonds. The number of nitrogens with two attached hydrogens (primary N) is 1. The number of nitrogen functional groups attached to an aromatic ring is 1. The van der Waals surface area contributed by atoms with Gasteiger partial charge in [-0.2, -0.15) is 0 Å². The Hall–Kier alpha value is -1.00. The number of hydrogen-bond acceptors (Lipinski definition) is 3. The molecule has 0 fully saturated rings. The number of rotatable bonds is 3. The molecule has 2 aromatic rings. The zero-order valence-corrected chi connectivity index (χ0v) is 11.0. The fraction of sp³-hybridized carbons (Fsp3) is 0.0833. The highest BCUT2D eigenvalue weighted by atomic mass is 79.9.